The molecular weight excluding hydrogens is 323 g/mol. The van der Waals surface area contributed by atoms with Gasteiger partial charge in [-0.2, -0.15) is 0 Å². The Labute approximate surface area is 138 Å². The smallest absolute Gasteiger partial charge is 0.258 e. The van der Waals surface area contributed by atoms with E-state index >= 15 is 0 Å². The van der Waals surface area contributed by atoms with Gasteiger partial charge in [0.25, 0.3) is 11.8 Å². The van der Waals surface area contributed by atoms with Gasteiger partial charge in [0, 0.05) is 34.3 Å². The fraction of sp³-hybridized carbons (Fsp3) is 0.375. The predicted octanol–water partition coefficient (Wildman–Crippen LogP) is 2.83. The van der Waals surface area contributed by atoms with Crippen LogP contribution in [0.3, 0.4) is 0 Å². The first-order valence-corrected chi connectivity index (χ1v) is 7.84. The number of hydrogen-bond donors (Lipinski definition) is 0. The third-order valence-corrected chi connectivity index (χ3v) is 4.55. The molecule has 2 aliphatic heterocycles. The molecule has 2 heterocycles. The van der Waals surface area contributed by atoms with E-state index in [0.717, 1.165) is 12.8 Å². The normalized spacial score (nSPS) is 18.3. The van der Waals surface area contributed by atoms with Crippen LogP contribution in [0.2, 0.25) is 10.0 Å². The van der Waals surface area contributed by atoms with Gasteiger partial charge in [0.2, 0.25) is 0 Å². The van der Waals surface area contributed by atoms with Crippen LogP contribution in [0, 0.1) is 11.8 Å². The maximum Gasteiger partial charge on any atom is 0.258 e. The molecule has 6 heteroatoms. The Morgan fingerprint density at radius 2 is 1.55 bits per heavy atom. The molecule has 0 spiro atoms. The maximum atomic E-state index is 12.6. The summed E-state index contributed by atoms with van der Waals surface area (Å²) >= 11 is 12.6. The standard InChI is InChI=1S/C16H14Cl2N2O2/c1-2-5-10-8-11(17)13(12(18)9-10)14-15(21)19-6-3-4-7-20(19)16(14)22/h8-9,14H,3-4,6-7H2,1H3. The first kappa shape index (κ1) is 15.2. The highest BCUT2D eigenvalue weighted by Gasteiger charge is 2.48. The third-order valence-electron chi connectivity index (χ3n) is 3.92. The van der Waals surface area contributed by atoms with Crippen molar-refractivity contribution in [3.63, 3.8) is 0 Å². The van der Waals surface area contributed by atoms with Crippen molar-refractivity contribution in [3.05, 3.63) is 33.3 Å². The summed E-state index contributed by atoms with van der Waals surface area (Å²) in [6.07, 6.45) is 1.80. The fourth-order valence-electron chi connectivity index (χ4n) is 2.95. The SMILES string of the molecule is CC#Cc1cc(Cl)c(C2C(=O)N3CCCCN3C2=O)c(Cl)c1. The van der Waals surface area contributed by atoms with Crippen LogP contribution in [-0.4, -0.2) is 34.9 Å². The van der Waals surface area contributed by atoms with Gasteiger partial charge in [-0.05, 0) is 31.9 Å². The highest BCUT2D eigenvalue weighted by Crippen LogP contribution is 2.39. The van der Waals surface area contributed by atoms with E-state index in [-0.39, 0.29) is 11.8 Å². The Hall–Kier alpha value is -1.70. The van der Waals surface area contributed by atoms with Crippen LogP contribution in [0.1, 0.15) is 36.8 Å². The van der Waals surface area contributed by atoms with Gasteiger partial charge < -0.3 is 0 Å². The van der Waals surface area contributed by atoms with Gasteiger partial charge in [0.15, 0.2) is 0 Å². The quantitative estimate of drug-likeness (QED) is 0.584. The lowest BCUT2D eigenvalue weighted by molar-refractivity contribution is -0.150. The number of amides is 2. The Kier molecular flexibility index (Phi) is 4.03. The Balaban J connectivity index is 2.05. The lowest BCUT2D eigenvalue weighted by atomic mass is 9.97. The fourth-order valence-corrected chi connectivity index (χ4v) is 3.66. The van der Waals surface area contributed by atoms with Crippen LogP contribution in [0.15, 0.2) is 12.1 Å². The van der Waals surface area contributed by atoms with E-state index in [1.54, 1.807) is 19.1 Å². The van der Waals surface area contributed by atoms with Gasteiger partial charge in [-0.1, -0.05) is 29.1 Å². The van der Waals surface area contributed by atoms with Gasteiger partial charge in [0.1, 0.15) is 5.92 Å². The number of nitrogens with zero attached hydrogens (tertiary/aromatic N) is 2. The van der Waals surface area contributed by atoms with E-state index in [9.17, 15) is 9.59 Å². The van der Waals surface area contributed by atoms with Crippen molar-refractivity contribution in [1.82, 2.24) is 10.0 Å². The zero-order valence-electron chi connectivity index (χ0n) is 12.0. The van der Waals surface area contributed by atoms with Gasteiger partial charge in [-0.3, -0.25) is 19.6 Å². The molecule has 114 valence electrons. The van der Waals surface area contributed by atoms with E-state index < -0.39 is 5.92 Å². The molecule has 4 nitrogen and oxygen atoms in total. The molecule has 2 amide bonds. The molecule has 0 bridgehead atoms. The largest absolute Gasteiger partial charge is 0.272 e. The number of fused-ring (bicyclic) bond motifs is 1. The summed E-state index contributed by atoms with van der Waals surface area (Å²) in [4.78, 5) is 25.2. The van der Waals surface area contributed by atoms with Crippen molar-refractivity contribution in [1.29, 1.82) is 0 Å². The van der Waals surface area contributed by atoms with Crippen LogP contribution in [0.25, 0.3) is 0 Å². The number of benzene rings is 1. The summed E-state index contributed by atoms with van der Waals surface area (Å²) in [5.41, 5.74) is 1.05. The molecule has 0 atom stereocenters. The summed E-state index contributed by atoms with van der Waals surface area (Å²) in [5, 5.41) is 3.64. The van der Waals surface area contributed by atoms with Gasteiger partial charge in [0.05, 0.1) is 0 Å². The Morgan fingerprint density at radius 1 is 1.05 bits per heavy atom. The molecule has 3 rings (SSSR count). The molecule has 0 aromatic heterocycles. The van der Waals surface area contributed by atoms with Crippen molar-refractivity contribution in [3.8, 4) is 11.8 Å². The number of hydrazine groups is 1. The molecule has 2 saturated heterocycles. The molecule has 22 heavy (non-hydrogen) atoms. The van der Waals surface area contributed by atoms with Crippen molar-refractivity contribution >= 4 is 35.0 Å². The summed E-state index contributed by atoms with van der Waals surface area (Å²) in [6, 6.07) is 3.29. The molecule has 2 aliphatic rings. The van der Waals surface area contributed by atoms with Gasteiger partial charge in [-0.25, -0.2) is 0 Å². The molecule has 0 saturated carbocycles. The summed E-state index contributed by atoms with van der Waals surface area (Å²) < 4.78 is 0. The van der Waals surface area contributed by atoms with Crippen LogP contribution < -0.4 is 0 Å². The predicted molar refractivity (Wildman–Crippen MR) is 84.4 cm³/mol. The number of rotatable bonds is 1. The van der Waals surface area contributed by atoms with Crippen molar-refractivity contribution in [2.75, 3.05) is 13.1 Å². The van der Waals surface area contributed by atoms with E-state index in [1.165, 1.54) is 10.0 Å². The molecule has 0 radical (unpaired) electrons. The van der Waals surface area contributed by atoms with E-state index in [2.05, 4.69) is 11.8 Å². The maximum absolute atomic E-state index is 12.6. The third kappa shape index (κ3) is 2.35. The molecule has 1 aromatic rings. The zero-order valence-corrected chi connectivity index (χ0v) is 13.5. The van der Waals surface area contributed by atoms with Crippen molar-refractivity contribution < 1.29 is 9.59 Å². The highest BCUT2D eigenvalue weighted by atomic mass is 35.5. The molecule has 0 aliphatic carbocycles. The minimum Gasteiger partial charge on any atom is -0.272 e. The topological polar surface area (TPSA) is 40.6 Å². The first-order valence-electron chi connectivity index (χ1n) is 7.09. The number of halogens is 2. The van der Waals surface area contributed by atoms with Crippen LogP contribution in [0.5, 0.6) is 0 Å². The molecule has 0 unspecified atom stereocenters. The lowest BCUT2D eigenvalue weighted by Crippen LogP contribution is -2.45. The molecule has 0 N–H and O–H groups in total. The Morgan fingerprint density at radius 3 is 2.00 bits per heavy atom. The minimum absolute atomic E-state index is 0.247. The monoisotopic (exact) mass is 336 g/mol. The van der Waals surface area contributed by atoms with Crippen LogP contribution in [-0.2, 0) is 9.59 Å². The van der Waals surface area contributed by atoms with Crippen molar-refractivity contribution in [2.24, 2.45) is 0 Å². The van der Waals surface area contributed by atoms with Crippen LogP contribution in [0.4, 0.5) is 0 Å². The highest BCUT2D eigenvalue weighted by molar-refractivity contribution is 6.37. The van der Waals surface area contributed by atoms with E-state index in [0.29, 0.717) is 34.3 Å². The lowest BCUT2D eigenvalue weighted by Gasteiger charge is -2.31. The van der Waals surface area contributed by atoms with E-state index in [1.807, 2.05) is 0 Å². The minimum atomic E-state index is -0.943. The first-order chi connectivity index (χ1) is 10.5. The van der Waals surface area contributed by atoms with E-state index in [4.69, 9.17) is 23.2 Å². The second-order valence-electron chi connectivity index (χ2n) is 5.29. The average molecular weight is 337 g/mol. The van der Waals surface area contributed by atoms with Gasteiger partial charge >= 0.3 is 0 Å². The number of carbonyl (C=O) groups excluding carboxylic acids is 2. The summed E-state index contributed by atoms with van der Waals surface area (Å²) in [6.45, 7) is 2.84. The Bertz CT molecular complexity index is 674. The average Bonchev–Trinajstić information content (AvgIpc) is 2.73. The second kappa shape index (κ2) is 5.83. The number of carbonyl (C=O) groups is 2. The van der Waals surface area contributed by atoms with Crippen molar-refractivity contribution in [2.45, 2.75) is 25.7 Å². The molecule has 1 aromatic carbocycles. The molecular formula is C16H14Cl2N2O2. The molecule has 2 fully saturated rings. The second-order valence-corrected chi connectivity index (χ2v) is 6.11. The number of hydrogen-bond acceptors (Lipinski definition) is 2. The van der Waals surface area contributed by atoms with Crippen LogP contribution >= 0.6 is 23.2 Å². The zero-order chi connectivity index (χ0) is 15.9. The summed E-state index contributed by atoms with van der Waals surface area (Å²) in [5.74, 6) is 4.20. The summed E-state index contributed by atoms with van der Waals surface area (Å²) in [7, 11) is 0. The van der Waals surface area contributed by atoms with Gasteiger partial charge in [-0.15, -0.1) is 5.92 Å².